The maximum Gasteiger partial charge on any atom is 0.419 e. The van der Waals surface area contributed by atoms with Crippen LogP contribution in [0.3, 0.4) is 0 Å². The molecule has 0 saturated carbocycles. The first kappa shape index (κ1) is 52.9. The largest absolute Gasteiger partial charge is 0.478 e. The normalized spacial score (nSPS) is 12.1. The predicted octanol–water partition coefficient (Wildman–Crippen LogP) is 13.9. The van der Waals surface area contributed by atoms with E-state index in [0.29, 0.717) is 44.0 Å². The molecular weight excluding hydrogens is 1160 g/mol. The second-order valence-electron chi connectivity index (χ2n) is 14.9. The number of thiophene rings is 2. The van der Waals surface area contributed by atoms with Gasteiger partial charge in [-0.25, -0.2) is 35.2 Å². The van der Waals surface area contributed by atoms with Crippen LogP contribution in [0.4, 0.5) is 45.1 Å². The van der Waals surface area contributed by atoms with Crippen molar-refractivity contribution in [2.75, 3.05) is 15.7 Å². The molecule has 0 aliphatic carbocycles. The number of carboxylic acids is 1. The number of hydrogen-bond donors (Lipinski definition) is 1. The molecule has 0 fully saturated rings. The van der Waals surface area contributed by atoms with Crippen LogP contribution in [0.2, 0.25) is 0 Å². The molecule has 2 heterocycles. The highest BCUT2D eigenvalue weighted by atomic mass is 79.9. The molecule has 0 bridgehead atoms. The molecule has 0 atom stereocenters. The summed E-state index contributed by atoms with van der Waals surface area (Å²) in [6.07, 6.45) is -9.92. The smallest absolute Gasteiger partial charge is 0.419 e. The number of benzene rings is 6. The van der Waals surface area contributed by atoms with Gasteiger partial charge in [-0.05, 0) is 128 Å². The number of ether oxygens (including phenoxy) is 1. The molecular formula is C47H30Br2F8N2O8S4. The van der Waals surface area contributed by atoms with Crippen molar-refractivity contribution in [2.24, 2.45) is 0 Å². The van der Waals surface area contributed by atoms with Crippen LogP contribution < -0.4 is 8.61 Å². The molecule has 0 amide bonds. The van der Waals surface area contributed by atoms with Gasteiger partial charge in [-0.2, -0.15) is 26.3 Å². The van der Waals surface area contributed by atoms with Gasteiger partial charge in [0.1, 0.15) is 21.6 Å². The van der Waals surface area contributed by atoms with Crippen LogP contribution >= 0.6 is 54.5 Å². The molecule has 370 valence electrons. The van der Waals surface area contributed by atoms with Crippen molar-refractivity contribution in [1.29, 1.82) is 0 Å². The third-order valence-electron chi connectivity index (χ3n) is 10.4. The van der Waals surface area contributed by atoms with Crippen molar-refractivity contribution in [3.63, 3.8) is 0 Å². The number of carbonyl (C=O) groups is 2. The highest BCUT2D eigenvalue weighted by molar-refractivity contribution is 9.11. The summed E-state index contributed by atoms with van der Waals surface area (Å²) in [6.45, 7) is -1.03. The SMILES string of the molecule is COC(=O)c1ccc(S(=O)(=O)N(Cc2ccc(F)c(C(F)(F)F)c2)c2sc3ccccc3c2Br)cc1.O=C(O)c1ccc(S(=O)(=O)N(Cc2ccc(F)c(C(F)(F)F)c2)c2sc3ccccc3c2Br)cc1. The quantitative estimate of drug-likeness (QED) is 0.0943. The summed E-state index contributed by atoms with van der Waals surface area (Å²) in [5.41, 5.74) is -3.16. The van der Waals surface area contributed by atoms with Crippen molar-refractivity contribution < 1.29 is 71.4 Å². The number of carbonyl (C=O) groups excluding carboxylic acids is 1. The minimum atomic E-state index is -4.96. The van der Waals surface area contributed by atoms with E-state index in [1.807, 2.05) is 0 Å². The second kappa shape index (κ2) is 20.7. The summed E-state index contributed by atoms with van der Waals surface area (Å²) in [5.74, 6) is -4.83. The average molecular weight is 1190 g/mol. The molecule has 0 saturated heterocycles. The first-order valence-electron chi connectivity index (χ1n) is 20.0. The Hall–Kier alpha value is -5.92. The Morgan fingerprint density at radius 1 is 0.577 bits per heavy atom. The number of aromatic carboxylic acids is 1. The summed E-state index contributed by atoms with van der Waals surface area (Å²) in [7, 11) is -7.53. The third kappa shape index (κ3) is 11.3. The summed E-state index contributed by atoms with van der Waals surface area (Å²) in [6, 6.07) is 28.2. The highest BCUT2D eigenvalue weighted by Crippen LogP contribution is 2.46. The average Bonchev–Trinajstić information content (AvgIpc) is 3.84. The topological polar surface area (TPSA) is 138 Å². The number of esters is 1. The molecule has 8 rings (SSSR count). The maximum atomic E-state index is 13.9. The van der Waals surface area contributed by atoms with Crippen LogP contribution in [-0.4, -0.2) is 41.0 Å². The van der Waals surface area contributed by atoms with Crippen molar-refractivity contribution in [3.8, 4) is 0 Å². The number of rotatable bonds is 12. The molecule has 10 nitrogen and oxygen atoms in total. The van der Waals surface area contributed by atoms with E-state index in [-0.39, 0.29) is 42.0 Å². The Kier molecular flexibility index (Phi) is 15.4. The summed E-state index contributed by atoms with van der Waals surface area (Å²) in [5, 5.41) is 10.9. The fraction of sp³-hybridized carbons (Fsp3) is 0.106. The van der Waals surface area contributed by atoms with Gasteiger partial charge in [-0.3, -0.25) is 8.61 Å². The fourth-order valence-electron chi connectivity index (χ4n) is 6.87. The van der Waals surface area contributed by atoms with Crippen LogP contribution in [0.25, 0.3) is 20.2 Å². The third-order valence-corrected chi connectivity index (χ3v) is 18.6. The van der Waals surface area contributed by atoms with Crippen LogP contribution in [0.15, 0.2) is 152 Å². The molecule has 8 aromatic rings. The molecule has 71 heavy (non-hydrogen) atoms. The van der Waals surface area contributed by atoms with E-state index >= 15 is 0 Å². The molecule has 2 aromatic heterocycles. The highest BCUT2D eigenvalue weighted by Gasteiger charge is 2.37. The summed E-state index contributed by atoms with van der Waals surface area (Å²) in [4.78, 5) is 22.4. The van der Waals surface area contributed by atoms with Gasteiger partial charge in [0.15, 0.2) is 0 Å². The van der Waals surface area contributed by atoms with Crippen molar-refractivity contribution >= 4 is 117 Å². The first-order chi connectivity index (χ1) is 33.3. The monoisotopic (exact) mass is 1190 g/mol. The van der Waals surface area contributed by atoms with E-state index in [1.54, 1.807) is 48.5 Å². The van der Waals surface area contributed by atoms with Crippen LogP contribution in [0.5, 0.6) is 0 Å². The minimum absolute atomic E-state index is 0.0668. The summed E-state index contributed by atoms with van der Waals surface area (Å²) >= 11 is 9.07. The lowest BCUT2D eigenvalue weighted by molar-refractivity contribution is -0.140. The number of anilines is 2. The van der Waals surface area contributed by atoms with Gasteiger partial charge in [0.25, 0.3) is 20.0 Å². The number of methoxy groups -OCH3 is 1. The Balaban J connectivity index is 0.000000209. The van der Waals surface area contributed by atoms with Crippen LogP contribution in [0.1, 0.15) is 43.0 Å². The zero-order chi connectivity index (χ0) is 51.8. The Morgan fingerprint density at radius 3 is 1.28 bits per heavy atom. The Bertz CT molecular complexity index is 3550. The molecule has 24 heteroatoms. The Morgan fingerprint density at radius 2 is 0.944 bits per heavy atom. The van der Waals surface area contributed by atoms with Gasteiger partial charge in [0.05, 0.1) is 61.2 Å². The summed E-state index contributed by atoms with van der Waals surface area (Å²) < 4.78 is 171. The lowest BCUT2D eigenvalue weighted by Crippen LogP contribution is -2.30. The first-order valence-corrected chi connectivity index (χ1v) is 26.1. The number of sulfonamides is 2. The van der Waals surface area contributed by atoms with Crippen molar-refractivity contribution in [2.45, 2.75) is 35.2 Å². The number of fused-ring (bicyclic) bond motifs is 2. The number of hydrogen-bond acceptors (Lipinski definition) is 9. The number of alkyl halides is 6. The number of nitrogens with zero attached hydrogens (tertiary/aromatic N) is 2. The van der Waals surface area contributed by atoms with E-state index < -0.39 is 80.2 Å². The standard InChI is InChI=1S/C24H16BrF4NO4S2.C23H14BrF4NO4S2/c1-34-23(31)15-7-9-16(10-8-15)36(32,33)30(22-21(25)17-4-2-3-5-20(17)35-22)13-14-6-11-19(26)18(12-14)24(27,28)29;24-20-16-3-1-2-4-19(16)34-21(20)29(12-13-5-10-18(25)17(11-13)23(26,27)28)35(32,33)15-8-6-14(7-9-15)22(30)31/h2-12H,13H2,1H3;1-11H,12H2,(H,30,31). The van der Waals surface area contributed by atoms with Crippen LogP contribution in [0, 0.1) is 11.6 Å². The Labute approximate surface area is 423 Å². The number of carboxylic acid groups (broad SMARTS) is 1. The van der Waals surface area contributed by atoms with Crippen molar-refractivity contribution in [3.05, 3.63) is 187 Å². The molecule has 0 aliphatic heterocycles. The molecule has 0 spiro atoms. The van der Waals surface area contributed by atoms with Crippen LogP contribution in [-0.2, 0) is 50.2 Å². The zero-order valence-corrected chi connectivity index (χ0v) is 42.2. The molecule has 6 aromatic carbocycles. The van der Waals surface area contributed by atoms with Gasteiger partial charge in [0, 0.05) is 20.2 Å². The second-order valence-corrected chi connectivity index (χ2v) is 22.3. The predicted molar refractivity (Wildman–Crippen MR) is 260 cm³/mol. The van der Waals surface area contributed by atoms with Crippen molar-refractivity contribution in [1.82, 2.24) is 0 Å². The molecule has 0 radical (unpaired) electrons. The van der Waals surface area contributed by atoms with E-state index in [0.717, 1.165) is 77.1 Å². The lowest BCUT2D eigenvalue weighted by atomic mass is 10.1. The fourth-order valence-corrected chi connectivity index (χ4v) is 14.5. The molecule has 0 unspecified atom stereocenters. The van der Waals surface area contributed by atoms with Gasteiger partial charge in [0.2, 0.25) is 0 Å². The minimum Gasteiger partial charge on any atom is -0.478 e. The maximum absolute atomic E-state index is 13.9. The molecule has 1 N–H and O–H groups in total. The van der Waals surface area contributed by atoms with Gasteiger partial charge in [-0.15, -0.1) is 22.7 Å². The molecule has 0 aliphatic rings. The van der Waals surface area contributed by atoms with Gasteiger partial charge >= 0.3 is 24.3 Å². The van der Waals surface area contributed by atoms with Gasteiger partial charge < -0.3 is 9.84 Å². The van der Waals surface area contributed by atoms with E-state index in [1.165, 1.54) is 31.4 Å². The van der Waals surface area contributed by atoms with E-state index in [4.69, 9.17) is 5.11 Å². The van der Waals surface area contributed by atoms with Gasteiger partial charge in [-0.1, -0.05) is 48.5 Å². The number of halogens is 10. The lowest BCUT2D eigenvalue weighted by Gasteiger charge is -2.24. The van der Waals surface area contributed by atoms with E-state index in [9.17, 15) is 61.5 Å². The van der Waals surface area contributed by atoms with E-state index in [2.05, 4.69) is 36.6 Å². The zero-order valence-electron chi connectivity index (χ0n) is 35.7.